The van der Waals surface area contributed by atoms with E-state index < -0.39 is 0 Å². The zero-order valence-corrected chi connectivity index (χ0v) is 6.93. The van der Waals surface area contributed by atoms with Crippen molar-refractivity contribution >= 4 is 0 Å². The molecular weight excluding hydrogens is 122 g/mol. The van der Waals surface area contributed by atoms with Crippen LogP contribution >= 0.6 is 0 Å². The number of hydrogen-bond acceptors (Lipinski definition) is 1. The minimum atomic E-state index is 0.339. The second-order valence-corrected chi connectivity index (χ2v) is 3.45. The molecule has 0 aromatic heterocycles. The molecule has 0 spiro atoms. The quantitative estimate of drug-likeness (QED) is 0.553. The van der Waals surface area contributed by atoms with E-state index in [0.717, 1.165) is 0 Å². The Morgan fingerprint density at radius 2 is 2.30 bits per heavy atom. The van der Waals surface area contributed by atoms with Crippen LogP contribution in [0.5, 0.6) is 0 Å². The van der Waals surface area contributed by atoms with Gasteiger partial charge in [-0.05, 0) is 25.2 Å². The predicted molar refractivity (Wildman–Crippen MR) is 44.7 cm³/mol. The molecule has 0 bridgehead atoms. The first-order chi connectivity index (χ1) is 4.70. The molecule has 0 aliphatic heterocycles. The Kier molecular flexibility index (Phi) is 2.50. The third-order valence-corrected chi connectivity index (χ3v) is 2.17. The lowest BCUT2D eigenvalue weighted by atomic mass is 9.89. The highest BCUT2D eigenvalue weighted by atomic mass is 14.6. The number of hydrogen-bond donors (Lipinski definition) is 1. The second-order valence-electron chi connectivity index (χ2n) is 3.45. The van der Waals surface area contributed by atoms with Gasteiger partial charge >= 0.3 is 0 Å². The molecule has 1 atom stereocenters. The normalized spacial score (nSPS) is 26.8. The van der Waals surface area contributed by atoms with Crippen LogP contribution in [0.25, 0.3) is 0 Å². The van der Waals surface area contributed by atoms with Crippen molar-refractivity contribution in [3.05, 3.63) is 11.6 Å². The summed E-state index contributed by atoms with van der Waals surface area (Å²) >= 11 is 0. The molecule has 58 valence electrons. The number of nitrogens with two attached hydrogens (primary N) is 1. The van der Waals surface area contributed by atoms with Gasteiger partial charge < -0.3 is 5.73 Å². The first-order valence-electron chi connectivity index (χ1n) is 4.16. The van der Waals surface area contributed by atoms with Crippen LogP contribution in [0.15, 0.2) is 11.6 Å². The van der Waals surface area contributed by atoms with Crippen LogP contribution in [-0.4, -0.2) is 6.04 Å². The van der Waals surface area contributed by atoms with Crippen molar-refractivity contribution in [3.8, 4) is 0 Å². The van der Waals surface area contributed by atoms with E-state index in [-0.39, 0.29) is 0 Å². The van der Waals surface area contributed by atoms with Gasteiger partial charge in [0.1, 0.15) is 0 Å². The van der Waals surface area contributed by atoms with Crippen LogP contribution in [0, 0.1) is 5.92 Å². The van der Waals surface area contributed by atoms with Gasteiger partial charge in [-0.25, -0.2) is 0 Å². The summed E-state index contributed by atoms with van der Waals surface area (Å²) < 4.78 is 0. The summed E-state index contributed by atoms with van der Waals surface area (Å²) in [5.74, 6) is 0.700. The fourth-order valence-corrected chi connectivity index (χ4v) is 1.46. The Balaban J connectivity index is 2.57. The van der Waals surface area contributed by atoms with Gasteiger partial charge in [-0.3, -0.25) is 0 Å². The molecule has 1 aliphatic carbocycles. The third kappa shape index (κ3) is 1.84. The van der Waals surface area contributed by atoms with Crippen LogP contribution in [0.2, 0.25) is 0 Å². The molecule has 0 saturated heterocycles. The van der Waals surface area contributed by atoms with Gasteiger partial charge in [-0.1, -0.05) is 25.5 Å². The van der Waals surface area contributed by atoms with E-state index in [1.807, 2.05) is 0 Å². The topological polar surface area (TPSA) is 26.0 Å². The molecule has 2 N–H and O–H groups in total. The molecule has 0 fully saturated rings. The Bertz CT molecular complexity index is 136. The van der Waals surface area contributed by atoms with Gasteiger partial charge in [0.25, 0.3) is 0 Å². The van der Waals surface area contributed by atoms with E-state index in [1.165, 1.54) is 19.3 Å². The molecule has 0 saturated carbocycles. The molecule has 1 unspecified atom stereocenters. The maximum Gasteiger partial charge on any atom is 0.0226 e. The van der Waals surface area contributed by atoms with Crippen molar-refractivity contribution in [2.75, 3.05) is 0 Å². The molecular formula is C9H17N. The smallest absolute Gasteiger partial charge is 0.0226 e. The molecule has 0 aromatic rings. The molecule has 1 rings (SSSR count). The summed E-state index contributed by atoms with van der Waals surface area (Å²) in [6.45, 7) is 4.48. The lowest BCUT2D eigenvalue weighted by Crippen LogP contribution is -2.21. The summed E-state index contributed by atoms with van der Waals surface area (Å²) in [5.41, 5.74) is 7.34. The van der Waals surface area contributed by atoms with Gasteiger partial charge in [-0.15, -0.1) is 0 Å². The van der Waals surface area contributed by atoms with Crippen LogP contribution in [0.4, 0.5) is 0 Å². The molecule has 0 aromatic carbocycles. The zero-order chi connectivity index (χ0) is 7.56. The minimum Gasteiger partial charge on any atom is -0.324 e. The standard InChI is InChI=1S/C9H17N/c1-7(2)8-4-3-5-9(10)6-8/h6-7,9H,3-5,10H2,1-2H3. The summed E-state index contributed by atoms with van der Waals surface area (Å²) in [6.07, 6.45) is 5.97. The first-order valence-corrected chi connectivity index (χ1v) is 4.16. The average molecular weight is 139 g/mol. The highest BCUT2D eigenvalue weighted by molar-refractivity contribution is 5.11. The first kappa shape index (κ1) is 7.80. The maximum atomic E-state index is 5.79. The van der Waals surface area contributed by atoms with Gasteiger partial charge in [0, 0.05) is 6.04 Å². The number of allylic oxidation sites excluding steroid dienone is 1. The highest BCUT2D eigenvalue weighted by Gasteiger charge is 2.11. The van der Waals surface area contributed by atoms with Crippen LogP contribution in [0.1, 0.15) is 33.1 Å². The average Bonchev–Trinajstić information content (AvgIpc) is 1.88. The molecule has 1 aliphatic rings. The van der Waals surface area contributed by atoms with E-state index in [1.54, 1.807) is 5.57 Å². The summed E-state index contributed by atoms with van der Waals surface area (Å²) in [4.78, 5) is 0. The van der Waals surface area contributed by atoms with E-state index in [9.17, 15) is 0 Å². The van der Waals surface area contributed by atoms with Crippen molar-refractivity contribution in [1.29, 1.82) is 0 Å². The lowest BCUT2D eigenvalue weighted by molar-refractivity contribution is 0.576. The fraction of sp³-hybridized carbons (Fsp3) is 0.778. The van der Waals surface area contributed by atoms with E-state index in [2.05, 4.69) is 19.9 Å². The van der Waals surface area contributed by atoms with Gasteiger partial charge in [0.15, 0.2) is 0 Å². The minimum absolute atomic E-state index is 0.339. The third-order valence-electron chi connectivity index (χ3n) is 2.17. The predicted octanol–water partition coefficient (Wildman–Crippen LogP) is 2.08. The Labute approximate surface area is 63.3 Å². The largest absolute Gasteiger partial charge is 0.324 e. The Hall–Kier alpha value is -0.300. The van der Waals surface area contributed by atoms with Crippen molar-refractivity contribution in [2.24, 2.45) is 11.7 Å². The highest BCUT2D eigenvalue weighted by Crippen LogP contribution is 2.22. The second kappa shape index (κ2) is 3.20. The van der Waals surface area contributed by atoms with Crippen molar-refractivity contribution in [3.63, 3.8) is 0 Å². The van der Waals surface area contributed by atoms with Gasteiger partial charge in [0.05, 0.1) is 0 Å². The zero-order valence-electron chi connectivity index (χ0n) is 6.93. The van der Waals surface area contributed by atoms with Crippen molar-refractivity contribution in [2.45, 2.75) is 39.2 Å². The summed E-state index contributed by atoms with van der Waals surface area (Å²) in [5, 5.41) is 0. The lowest BCUT2D eigenvalue weighted by Gasteiger charge is -2.20. The van der Waals surface area contributed by atoms with Crippen molar-refractivity contribution in [1.82, 2.24) is 0 Å². The van der Waals surface area contributed by atoms with E-state index in [0.29, 0.717) is 12.0 Å². The van der Waals surface area contributed by atoms with Gasteiger partial charge in [-0.2, -0.15) is 0 Å². The van der Waals surface area contributed by atoms with E-state index >= 15 is 0 Å². The van der Waals surface area contributed by atoms with Crippen LogP contribution in [0.3, 0.4) is 0 Å². The van der Waals surface area contributed by atoms with Crippen LogP contribution in [-0.2, 0) is 0 Å². The van der Waals surface area contributed by atoms with Crippen molar-refractivity contribution < 1.29 is 0 Å². The van der Waals surface area contributed by atoms with Crippen LogP contribution < -0.4 is 5.73 Å². The molecule has 10 heavy (non-hydrogen) atoms. The monoisotopic (exact) mass is 139 g/mol. The molecule has 1 heteroatoms. The SMILES string of the molecule is CC(C)C1=CC(N)CCC1. The Morgan fingerprint density at radius 1 is 1.60 bits per heavy atom. The molecule has 0 amide bonds. The fourth-order valence-electron chi connectivity index (χ4n) is 1.46. The molecule has 0 heterocycles. The summed E-state index contributed by atoms with van der Waals surface area (Å²) in [7, 11) is 0. The Morgan fingerprint density at radius 3 is 2.70 bits per heavy atom. The molecule has 1 nitrogen and oxygen atoms in total. The molecule has 0 radical (unpaired) electrons. The van der Waals surface area contributed by atoms with E-state index in [4.69, 9.17) is 5.73 Å². The van der Waals surface area contributed by atoms with Gasteiger partial charge in [0.2, 0.25) is 0 Å². The maximum absolute atomic E-state index is 5.79. The summed E-state index contributed by atoms with van der Waals surface area (Å²) in [6, 6.07) is 0.339. The number of rotatable bonds is 1.